The van der Waals surface area contributed by atoms with Crippen molar-refractivity contribution in [3.8, 4) is 5.75 Å². The molecular formula is C12H14O. The number of aryl methyl sites for hydroxylation is 2. The maximum absolute atomic E-state index is 5.72. The van der Waals surface area contributed by atoms with E-state index in [0.717, 1.165) is 18.6 Å². The van der Waals surface area contributed by atoms with Gasteiger partial charge in [-0.25, -0.2) is 0 Å². The van der Waals surface area contributed by atoms with Gasteiger partial charge in [-0.15, -0.1) is 0 Å². The molecule has 0 aromatic heterocycles. The van der Waals surface area contributed by atoms with Crippen molar-refractivity contribution in [1.29, 1.82) is 0 Å². The minimum atomic E-state index is 0.204. The van der Waals surface area contributed by atoms with E-state index in [1.165, 1.54) is 11.1 Å². The SMILES string of the molecule is C=CC1CCc2cc(C)ccc2O1. The zero-order chi connectivity index (χ0) is 9.26. The Labute approximate surface area is 79.0 Å². The van der Waals surface area contributed by atoms with Gasteiger partial charge in [0.15, 0.2) is 0 Å². The van der Waals surface area contributed by atoms with Gasteiger partial charge < -0.3 is 4.74 Å². The van der Waals surface area contributed by atoms with Crippen LogP contribution in [0.3, 0.4) is 0 Å². The van der Waals surface area contributed by atoms with Crippen LogP contribution in [0.4, 0.5) is 0 Å². The molecule has 0 bridgehead atoms. The number of benzene rings is 1. The van der Waals surface area contributed by atoms with Gasteiger partial charge in [-0.3, -0.25) is 0 Å². The fourth-order valence-corrected chi connectivity index (χ4v) is 1.70. The Hall–Kier alpha value is -1.24. The maximum Gasteiger partial charge on any atom is 0.123 e. The zero-order valence-corrected chi connectivity index (χ0v) is 7.92. The van der Waals surface area contributed by atoms with E-state index in [9.17, 15) is 0 Å². The smallest absolute Gasteiger partial charge is 0.123 e. The Morgan fingerprint density at radius 3 is 3.15 bits per heavy atom. The van der Waals surface area contributed by atoms with Crippen LogP contribution in [-0.2, 0) is 6.42 Å². The molecule has 1 nitrogen and oxygen atoms in total. The van der Waals surface area contributed by atoms with E-state index in [1.54, 1.807) is 0 Å². The summed E-state index contributed by atoms with van der Waals surface area (Å²) in [5, 5.41) is 0. The van der Waals surface area contributed by atoms with Gasteiger partial charge in [0.05, 0.1) is 0 Å². The number of rotatable bonds is 1. The third kappa shape index (κ3) is 1.59. The van der Waals surface area contributed by atoms with Gasteiger partial charge in [0, 0.05) is 0 Å². The minimum absolute atomic E-state index is 0.204. The van der Waals surface area contributed by atoms with Crippen LogP contribution in [0.5, 0.6) is 5.75 Å². The molecule has 1 unspecified atom stereocenters. The van der Waals surface area contributed by atoms with E-state index in [4.69, 9.17) is 4.74 Å². The Morgan fingerprint density at radius 1 is 1.54 bits per heavy atom. The van der Waals surface area contributed by atoms with Crippen LogP contribution in [0.1, 0.15) is 17.5 Å². The first kappa shape index (κ1) is 8.36. The zero-order valence-electron chi connectivity index (χ0n) is 7.92. The van der Waals surface area contributed by atoms with E-state index in [1.807, 2.05) is 6.08 Å². The lowest BCUT2D eigenvalue weighted by molar-refractivity contribution is 0.219. The van der Waals surface area contributed by atoms with Crippen LogP contribution >= 0.6 is 0 Å². The largest absolute Gasteiger partial charge is 0.486 e. The Morgan fingerprint density at radius 2 is 2.38 bits per heavy atom. The number of hydrogen-bond acceptors (Lipinski definition) is 1. The van der Waals surface area contributed by atoms with Crippen LogP contribution in [0.15, 0.2) is 30.9 Å². The molecule has 0 aliphatic carbocycles. The van der Waals surface area contributed by atoms with Crippen molar-refractivity contribution < 1.29 is 4.74 Å². The third-order valence-corrected chi connectivity index (χ3v) is 2.46. The van der Waals surface area contributed by atoms with Crippen LogP contribution in [0.2, 0.25) is 0 Å². The second-order valence-electron chi connectivity index (χ2n) is 3.54. The fraction of sp³-hybridized carbons (Fsp3) is 0.333. The Kier molecular flexibility index (Phi) is 2.09. The average molecular weight is 174 g/mol. The summed E-state index contributed by atoms with van der Waals surface area (Å²) in [7, 11) is 0. The van der Waals surface area contributed by atoms with Crippen LogP contribution < -0.4 is 4.74 Å². The van der Waals surface area contributed by atoms with Gasteiger partial charge in [0.2, 0.25) is 0 Å². The van der Waals surface area contributed by atoms with E-state index in [0.29, 0.717) is 0 Å². The second-order valence-corrected chi connectivity index (χ2v) is 3.54. The molecule has 0 spiro atoms. The first-order chi connectivity index (χ1) is 6.29. The van der Waals surface area contributed by atoms with Crippen LogP contribution in [0, 0.1) is 6.92 Å². The second kappa shape index (κ2) is 3.25. The highest BCUT2D eigenvalue weighted by Crippen LogP contribution is 2.28. The summed E-state index contributed by atoms with van der Waals surface area (Å²) in [5.41, 5.74) is 2.64. The number of fused-ring (bicyclic) bond motifs is 1. The van der Waals surface area contributed by atoms with E-state index in [2.05, 4.69) is 31.7 Å². The molecule has 0 saturated heterocycles. The highest BCUT2D eigenvalue weighted by atomic mass is 16.5. The monoisotopic (exact) mass is 174 g/mol. The molecule has 1 aromatic rings. The summed E-state index contributed by atoms with van der Waals surface area (Å²) < 4.78 is 5.72. The minimum Gasteiger partial charge on any atom is -0.486 e. The Balaban J connectivity index is 2.31. The fourth-order valence-electron chi connectivity index (χ4n) is 1.70. The van der Waals surface area contributed by atoms with E-state index in [-0.39, 0.29) is 6.10 Å². The quantitative estimate of drug-likeness (QED) is 0.595. The summed E-state index contributed by atoms with van der Waals surface area (Å²) in [5.74, 6) is 1.03. The third-order valence-electron chi connectivity index (χ3n) is 2.46. The van der Waals surface area contributed by atoms with Gasteiger partial charge >= 0.3 is 0 Å². The number of hydrogen-bond donors (Lipinski definition) is 0. The van der Waals surface area contributed by atoms with Gasteiger partial charge in [-0.1, -0.05) is 30.4 Å². The first-order valence-electron chi connectivity index (χ1n) is 4.68. The summed E-state index contributed by atoms with van der Waals surface area (Å²) >= 11 is 0. The topological polar surface area (TPSA) is 9.23 Å². The van der Waals surface area contributed by atoms with Crippen molar-refractivity contribution in [3.63, 3.8) is 0 Å². The molecular weight excluding hydrogens is 160 g/mol. The van der Waals surface area contributed by atoms with Gasteiger partial charge in [0.1, 0.15) is 11.9 Å². The molecule has 2 rings (SSSR count). The summed E-state index contributed by atoms with van der Waals surface area (Å²) in [6.07, 6.45) is 4.24. The van der Waals surface area contributed by atoms with Crippen molar-refractivity contribution in [2.45, 2.75) is 25.9 Å². The molecule has 0 amide bonds. The summed E-state index contributed by atoms with van der Waals surface area (Å²) in [6, 6.07) is 6.35. The molecule has 1 aromatic carbocycles. The molecule has 1 aliphatic heterocycles. The normalized spacial score (nSPS) is 20.2. The highest BCUT2D eigenvalue weighted by Gasteiger charge is 2.16. The molecule has 13 heavy (non-hydrogen) atoms. The van der Waals surface area contributed by atoms with Crippen molar-refractivity contribution in [3.05, 3.63) is 42.0 Å². The molecule has 68 valence electrons. The standard InChI is InChI=1S/C12H14O/c1-3-11-6-5-10-8-9(2)4-7-12(10)13-11/h3-4,7-8,11H,1,5-6H2,2H3. The van der Waals surface area contributed by atoms with Crippen molar-refractivity contribution in [2.24, 2.45) is 0 Å². The van der Waals surface area contributed by atoms with Crippen molar-refractivity contribution >= 4 is 0 Å². The maximum atomic E-state index is 5.72. The van der Waals surface area contributed by atoms with Gasteiger partial charge in [0.25, 0.3) is 0 Å². The molecule has 1 atom stereocenters. The molecule has 0 N–H and O–H groups in total. The lowest BCUT2D eigenvalue weighted by atomic mass is 10.0. The van der Waals surface area contributed by atoms with Crippen LogP contribution in [-0.4, -0.2) is 6.10 Å². The van der Waals surface area contributed by atoms with Crippen molar-refractivity contribution in [2.75, 3.05) is 0 Å². The lowest BCUT2D eigenvalue weighted by Crippen LogP contribution is -2.19. The summed E-state index contributed by atoms with van der Waals surface area (Å²) in [4.78, 5) is 0. The number of ether oxygens (including phenoxy) is 1. The first-order valence-corrected chi connectivity index (χ1v) is 4.68. The lowest BCUT2D eigenvalue weighted by Gasteiger charge is -2.23. The predicted octanol–water partition coefficient (Wildman–Crippen LogP) is 2.87. The average Bonchev–Trinajstić information content (AvgIpc) is 2.17. The molecule has 0 radical (unpaired) electrons. The molecule has 0 saturated carbocycles. The molecule has 0 fully saturated rings. The van der Waals surface area contributed by atoms with Gasteiger partial charge in [-0.05, 0) is 31.4 Å². The van der Waals surface area contributed by atoms with E-state index >= 15 is 0 Å². The summed E-state index contributed by atoms with van der Waals surface area (Å²) in [6.45, 7) is 5.86. The van der Waals surface area contributed by atoms with Gasteiger partial charge in [-0.2, -0.15) is 0 Å². The molecule has 1 aliphatic rings. The van der Waals surface area contributed by atoms with Crippen molar-refractivity contribution in [1.82, 2.24) is 0 Å². The highest BCUT2D eigenvalue weighted by molar-refractivity contribution is 5.38. The Bertz CT molecular complexity index is 328. The van der Waals surface area contributed by atoms with E-state index < -0.39 is 0 Å². The molecule has 1 heterocycles. The van der Waals surface area contributed by atoms with Crippen LogP contribution in [0.25, 0.3) is 0 Å². The predicted molar refractivity (Wildman–Crippen MR) is 54.1 cm³/mol. The molecule has 1 heteroatoms.